The van der Waals surface area contributed by atoms with Gasteiger partial charge in [0.1, 0.15) is 5.75 Å². The van der Waals surface area contributed by atoms with E-state index in [1.807, 2.05) is 30.3 Å². The molecule has 0 saturated carbocycles. The van der Waals surface area contributed by atoms with Crippen molar-refractivity contribution in [2.45, 2.75) is 51.6 Å². The third-order valence-corrected chi connectivity index (χ3v) is 8.31. The van der Waals surface area contributed by atoms with Crippen LogP contribution in [0.3, 0.4) is 0 Å². The van der Waals surface area contributed by atoms with E-state index in [0.29, 0.717) is 0 Å². The third-order valence-electron chi connectivity index (χ3n) is 3.27. The van der Waals surface area contributed by atoms with Gasteiger partial charge in [-0.3, -0.25) is 0 Å². The summed E-state index contributed by atoms with van der Waals surface area (Å²) in [6, 6.07) is 9.98. The predicted octanol–water partition coefficient (Wildman–Crippen LogP) is 4.75. The Bertz CT molecular complexity index is 360. The summed E-state index contributed by atoms with van der Waals surface area (Å²) in [4.78, 5) is 0. The van der Waals surface area contributed by atoms with Crippen LogP contribution in [0.15, 0.2) is 30.3 Å². The number of para-hydroxylation sites is 1. The van der Waals surface area contributed by atoms with Crippen molar-refractivity contribution < 1.29 is 8.85 Å². The molecule has 1 aromatic carbocycles. The first-order valence-electron chi connectivity index (χ1n) is 6.43. The van der Waals surface area contributed by atoms with Crippen LogP contribution in [-0.4, -0.2) is 15.7 Å². The number of benzene rings is 1. The molecule has 102 valence electrons. The van der Waals surface area contributed by atoms with Gasteiger partial charge in [-0.05, 0) is 12.1 Å². The van der Waals surface area contributed by atoms with E-state index < -0.39 is 8.56 Å². The Balaban J connectivity index is 3.21. The first-order valence-corrected chi connectivity index (χ1v) is 8.25. The molecular formula is C15H26O2Si. The minimum Gasteiger partial charge on any atom is -0.520 e. The molecule has 0 aliphatic carbocycles. The monoisotopic (exact) mass is 266 g/mol. The van der Waals surface area contributed by atoms with E-state index in [1.54, 1.807) is 7.11 Å². The van der Waals surface area contributed by atoms with E-state index in [-0.39, 0.29) is 10.1 Å². The van der Waals surface area contributed by atoms with Crippen LogP contribution >= 0.6 is 0 Å². The maximum atomic E-state index is 6.40. The molecule has 0 spiro atoms. The standard InChI is InChI=1S/C15H26O2Si/c1-14(2,3)18(16-7,15(4,5)6)17-13-11-9-8-10-12-13/h8-12H,1-7H3. The molecule has 0 amide bonds. The Kier molecular flexibility index (Phi) is 4.29. The normalized spacial score (nSPS) is 13.5. The molecule has 0 N–H and O–H groups in total. The van der Waals surface area contributed by atoms with Gasteiger partial charge >= 0.3 is 8.56 Å². The molecule has 0 atom stereocenters. The lowest BCUT2D eigenvalue weighted by atomic mass is 10.2. The molecular weight excluding hydrogens is 240 g/mol. The van der Waals surface area contributed by atoms with Crippen molar-refractivity contribution in [2.75, 3.05) is 7.11 Å². The van der Waals surface area contributed by atoms with Gasteiger partial charge in [0, 0.05) is 17.2 Å². The van der Waals surface area contributed by atoms with Crippen molar-refractivity contribution in [1.82, 2.24) is 0 Å². The average Bonchev–Trinajstić information content (AvgIpc) is 2.23. The molecule has 0 fully saturated rings. The molecule has 0 aliphatic heterocycles. The van der Waals surface area contributed by atoms with Gasteiger partial charge in [-0.1, -0.05) is 59.7 Å². The molecule has 3 heteroatoms. The molecule has 0 aliphatic rings. The summed E-state index contributed by atoms with van der Waals surface area (Å²) in [5.41, 5.74) is 0. The molecule has 0 bridgehead atoms. The Morgan fingerprint density at radius 2 is 1.28 bits per heavy atom. The molecule has 0 saturated heterocycles. The summed E-state index contributed by atoms with van der Waals surface area (Å²) in [5.74, 6) is 0.899. The summed E-state index contributed by atoms with van der Waals surface area (Å²) >= 11 is 0. The van der Waals surface area contributed by atoms with Crippen LogP contribution in [0.1, 0.15) is 41.5 Å². The molecule has 0 unspecified atom stereocenters. The Morgan fingerprint density at radius 3 is 1.61 bits per heavy atom. The maximum absolute atomic E-state index is 6.40. The largest absolute Gasteiger partial charge is 0.520 e. The third kappa shape index (κ3) is 2.78. The minimum atomic E-state index is -2.41. The first-order chi connectivity index (χ1) is 8.14. The average molecular weight is 266 g/mol. The Hall–Kier alpha value is -0.803. The van der Waals surface area contributed by atoms with Crippen LogP contribution in [0, 0.1) is 0 Å². The topological polar surface area (TPSA) is 18.5 Å². The van der Waals surface area contributed by atoms with Gasteiger partial charge in [-0.15, -0.1) is 0 Å². The lowest BCUT2D eigenvalue weighted by molar-refractivity contribution is 0.233. The fraction of sp³-hybridized carbons (Fsp3) is 0.600. The van der Waals surface area contributed by atoms with E-state index in [9.17, 15) is 0 Å². The number of rotatable bonds is 3. The highest BCUT2D eigenvalue weighted by Crippen LogP contribution is 2.51. The van der Waals surface area contributed by atoms with Crippen molar-refractivity contribution in [3.63, 3.8) is 0 Å². The zero-order chi connectivity index (χ0) is 14.0. The number of hydrogen-bond acceptors (Lipinski definition) is 2. The van der Waals surface area contributed by atoms with Crippen molar-refractivity contribution in [3.05, 3.63) is 30.3 Å². The second kappa shape index (κ2) is 5.06. The van der Waals surface area contributed by atoms with Crippen LogP contribution in [0.4, 0.5) is 0 Å². The molecule has 0 heterocycles. The quantitative estimate of drug-likeness (QED) is 0.735. The smallest absolute Gasteiger partial charge is 0.409 e. The van der Waals surface area contributed by atoms with Crippen LogP contribution in [0.5, 0.6) is 5.75 Å². The second-order valence-corrected chi connectivity index (χ2v) is 11.6. The van der Waals surface area contributed by atoms with Gasteiger partial charge in [0.05, 0.1) is 0 Å². The second-order valence-electron chi connectivity index (χ2n) is 6.74. The fourth-order valence-electron chi connectivity index (χ4n) is 2.74. The van der Waals surface area contributed by atoms with Gasteiger partial charge in [-0.25, -0.2) is 0 Å². The van der Waals surface area contributed by atoms with Gasteiger partial charge in [0.15, 0.2) is 0 Å². The van der Waals surface area contributed by atoms with Crippen LogP contribution in [0.25, 0.3) is 0 Å². The SMILES string of the molecule is CO[Si](Oc1ccccc1)(C(C)(C)C)C(C)(C)C. The van der Waals surface area contributed by atoms with E-state index >= 15 is 0 Å². The summed E-state index contributed by atoms with van der Waals surface area (Å²) in [5, 5.41) is -0.00825. The molecule has 0 aromatic heterocycles. The zero-order valence-electron chi connectivity index (χ0n) is 12.7. The van der Waals surface area contributed by atoms with E-state index in [2.05, 4.69) is 41.5 Å². The van der Waals surface area contributed by atoms with Gasteiger partial charge in [0.2, 0.25) is 0 Å². The number of hydrogen-bond donors (Lipinski definition) is 0. The molecule has 1 aromatic rings. The summed E-state index contributed by atoms with van der Waals surface area (Å²) in [6.07, 6.45) is 0. The summed E-state index contributed by atoms with van der Waals surface area (Å²) in [6.45, 7) is 13.2. The lowest BCUT2D eigenvalue weighted by Crippen LogP contribution is -2.59. The van der Waals surface area contributed by atoms with Crippen molar-refractivity contribution in [2.24, 2.45) is 0 Å². The highest BCUT2D eigenvalue weighted by molar-refractivity contribution is 6.74. The highest BCUT2D eigenvalue weighted by atomic mass is 28.4. The molecule has 2 nitrogen and oxygen atoms in total. The van der Waals surface area contributed by atoms with E-state index in [4.69, 9.17) is 8.85 Å². The first kappa shape index (κ1) is 15.3. The molecule has 1 rings (SSSR count). The van der Waals surface area contributed by atoms with Gasteiger partial charge < -0.3 is 8.85 Å². The molecule has 18 heavy (non-hydrogen) atoms. The van der Waals surface area contributed by atoms with Crippen LogP contribution < -0.4 is 4.43 Å². The maximum Gasteiger partial charge on any atom is 0.409 e. The van der Waals surface area contributed by atoms with Gasteiger partial charge in [0.25, 0.3) is 0 Å². The molecule has 0 radical (unpaired) electrons. The van der Waals surface area contributed by atoms with Crippen molar-refractivity contribution in [1.29, 1.82) is 0 Å². The Labute approximate surface area is 113 Å². The lowest BCUT2D eigenvalue weighted by Gasteiger charge is -2.47. The fourth-order valence-corrected chi connectivity index (χ4v) is 7.38. The van der Waals surface area contributed by atoms with E-state index in [0.717, 1.165) is 5.75 Å². The summed E-state index contributed by atoms with van der Waals surface area (Å²) < 4.78 is 12.4. The minimum absolute atomic E-state index is 0.00413. The van der Waals surface area contributed by atoms with Gasteiger partial charge in [-0.2, -0.15) is 0 Å². The van der Waals surface area contributed by atoms with Crippen LogP contribution in [-0.2, 0) is 4.43 Å². The Morgan fingerprint density at radius 1 is 0.833 bits per heavy atom. The van der Waals surface area contributed by atoms with Crippen LogP contribution in [0.2, 0.25) is 10.1 Å². The summed E-state index contributed by atoms with van der Waals surface area (Å²) in [7, 11) is -0.630. The van der Waals surface area contributed by atoms with Crippen molar-refractivity contribution >= 4 is 8.56 Å². The van der Waals surface area contributed by atoms with Crippen molar-refractivity contribution in [3.8, 4) is 5.75 Å². The predicted molar refractivity (Wildman–Crippen MR) is 79.3 cm³/mol. The van der Waals surface area contributed by atoms with E-state index in [1.165, 1.54) is 0 Å². The zero-order valence-corrected chi connectivity index (χ0v) is 13.7. The highest BCUT2D eigenvalue weighted by Gasteiger charge is 2.59.